The molecule has 1 amide bonds. The van der Waals surface area contributed by atoms with Crippen molar-refractivity contribution in [3.8, 4) is 17.0 Å². The number of nitrogens with zero attached hydrogens (tertiary/aromatic N) is 2. The van der Waals surface area contributed by atoms with E-state index in [1.807, 2.05) is 40.9 Å². The minimum absolute atomic E-state index is 0.00836. The van der Waals surface area contributed by atoms with E-state index in [1.165, 1.54) is 11.1 Å². The molecule has 4 aromatic rings. The highest BCUT2D eigenvalue weighted by molar-refractivity contribution is 5.81. The minimum Gasteiger partial charge on any atom is -0.497 e. The van der Waals surface area contributed by atoms with Crippen LogP contribution in [0.2, 0.25) is 0 Å². The minimum atomic E-state index is -0.00836. The van der Waals surface area contributed by atoms with Crippen molar-refractivity contribution < 1.29 is 9.53 Å². The Morgan fingerprint density at radius 2 is 1.78 bits per heavy atom. The Kier molecular flexibility index (Phi) is 6.26. The van der Waals surface area contributed by atoms with E-state index < -0.39 is 0 Å². The van der Waals surface area contributed by atoms with Crippen molar-refractivity contribution in [3.63, 3.8) is 0 Å². The van der Waals surface area contributed by atoms with Gasteiger partial charge in [0.15, 0.2) is 0 Å². The molecule has 0 saturated carbocycles. The van der Waals surface area contributed by atoms with Gasteiger partial charge in [0, 0.05) is 18.3 Å². The van der Waals surface area contributed by atoms with Crippen molar-refractivity contribution in [1.82, 2.24) is 14.7 Å². The fraction of sp³-hybridized carbons (Fsp3) is 0.259. The zero-order chi connectivity index (χ0) is 22.7. The predicted molar refractivity (Wildman–Crippen MR) is 128 cm³/mol. The molecule has 32 heavy (non-hydrogen) atoms. The number of methoxy groups -OCH3 is 1. The highest BCUT2D eigenvalue weighted by Gasteiger charge is 2.17. The second-order valence-electron chi connectivity index (χ2n) is 8.26. The van der Waals surface area contributed by atoms with Crippen LogP contribution in [-0.2, 0) is 17.6 Å². The molecule has 0 atom stereocenters. The van der Waals surface area contributed by atoms with E-state index >= 15 is 0 Å². The zero-order valence-corrected chi connectivity index (χ0v) is 19.1. The van der Waals surface area contributed by atoms with Gasteiger partial charge in [0.1, 0.15) is 11.4 Å². The van der Waals surface area contributed by atoms with Crippen LogP contribution >= 0.6 is 0 Å². The number of fused-ring (bicyclic) bond motifs is 1. The summed E-state index contributed by atoms with van der Waals surface area (Å²) in [5.74, 6) is 0.825. The Labute approximate surface area is 189 Å². The number of nitrogens with one attached hydrogen (secondary N) is 1. The van der Waals surface area contributed by atoms with Gasteiger partial charge in [0.25, 0.3) is 0 Å². The van der Waals surface area contributed by atoms with Crippen LogP contribution in [0.15, 0.2) is 60.8 Å². The number of amides is 1. The van der Waals surface area contributed by atoms with E-state index in [9.17, 15) is 4.79 Å². The molecule has 2 aromatic heterocycles. The zero-order valence-electron chi connectivity index (χ0n) is 19.1. The molecule has 0 spiro atoms. The predicted octanol–water partition coefficient (Wildman–Crippen LogP) is 4.84. The quantitative estimate of drug-likeness (QED) is 0.459. The number of carbonyl (C=O) groups excluding carboxylic acids is 1. The second-order valence-corrected chi connectivity index (χ2v) is 8.26. The lowest BCUT2D eigenvalue weighted by atomic mass is 10.0. The van der Waals surface area contributed by atoms with E-state index in [2.05, 4.69) is 50.4 Å². The molecule has 0 aliphatic carbocycles. The molecule has 0 radical (unpaired) electrons. The molecule has 4 rings (SSSR count). The summed E-state index contributed by atoms with van der Waals surface area (Å²) < 4.78 is 7.22. The molecule has 2 heterocycles. The Morgan fingerprint density at radius 1 is 1.00 bits per heavy atom. The normalized spacial score (nSPS) is 11.0. The first-order valence-electron chi connectivity index (χ1n) is 10.9. The SMILES string of the molecule is COc1ccc(CCNC(=O)Cc2c(-c3ccc(C)c(C)c3)nc3cc(C)ccn23)cc1. The number of hydrogen-bond donors (Lipinski definition) is 1. The lowest BCUT2D eigenvalue weighted by Gasteiger charge is -2.09. The maximum atomic E-state index is 12.8. The summed E-state index contributed by atoms with van der Waals surface area (Å²) in [4.78, 5) is 17.7. The van der Waals surface area contributed by atoms with Crippen molar-refractivity contribution in [1.29, 1.82) is 0 Å². The lowest BCUT2D eigenvalue weighted by Crippen LogP contribution is -2.27. The molecule has 5 heteroatoms. The summed E-state index contributed by atoms with van der Waals surface area (Å²) in [5.41, 5.74) is 8.43. The smallest absolute Gasteiger partial charge is 0.226 e. The van der Waals surface area contributed by atoms with Crippen LogP contribution in [0.1, 0.15) is 27.9 Å². The molecule has 0 saturated heterocycles. The van der Waals surface area contributed by atoms with E-state index in [0.717, 1.165) is 45.9 Å². The third-order valence-electron chi connectivity index (χ3n) is 5.88. The summed E-state index contributed by atoms with van der Waals surface area (Å²) in [5, 5.41) is 3.06. The summed E-state index contributed by atoms with van der Waals surface area (Å²) >= 11 is 0. The fourth-order valence-electron chi connectivity index (χ4n) is 3.84. The monoisotopic (exact) mass is 427 g/mol. The Bertz CT molecular complexity index is 1260. The first kappa shape index (κ1) is 21.6. The largest absolute Gasteiger partial charge is 0.497 e. The van der Waals surface area contributed by atoms with Gasteiger partial charge in [-0.1, -0.05) is 24.3 Å². The number of rotatable bonds is 7. The van der Waals surface area contributed by atoms with Gasteiger partial charge < -0.3 is 14.5 Å². The summed E-state index contributed by atoms with van der Waals surface area (Å²) in [6.07, 6.45) is 3.05. The van der Waals surface area contributed by atoms with Crippen LogP contribution in [0.4, 0.5) is 0 Å². The third kappa shape index (κ3) is 4.67. The Balaban J connectivity index is 1.54. The van der Waals surface area contributed by atoms with E-state index in [4.69, 9.17) is 9.72 Å². The van der Waals surface area contributed by atoms with Crippen molar-refractivity contribution in [3.05, 3.63) is 88.7 Å². The van der Waals surface area contributed by atoms with Crippen molar-refractivity contribution in [2.45, 2.75) is 33.6 Å². The molecular weight excluding hydrogens is 398 g/mol. The van der Waals surface area contributed by atoms with Crippen LogP contribution < -0.4 is 10.1 Å². The first-order chi connectivity index (χ1) is 15.4. The highest BCUT2D eigenvalue weighted by atomic mass is 16.5. The van der Waals surface area contributed by atoms with Gasteiger partial charge in [0.05, 0.1) is 24.9 Å². The standard InChI is InChI=1S/C27H29N3O2/c1-18-12-14-30-24(17-26(31)28-13-11-21-6-9-23(32-4)10-7-21)27(29-25(30)15-18)22-8-5-19(2)20(3)16-22/h5-10,12,14-16H,11,13,17H2,1-4H3,(H,28,31). The van der Waals surface area contributed by atoms with E-state index in [1.54, 1.807) is 7.11 Å². The lowest BCUT2D eigenvalue weighted by molar-refractivity contribution is -0.120. The molecule has 0 aliphatic heterocycles. The molecule has 0 unspecified atom stereocenters. The molecule has 0 fully saturated rings. The number of benzene rings is 2. The molecule has 2 aromatic carbocycles. The molecular formula is C27H29N3O2. The second kappa shape index (κ2) is 9.27. The van der Waals surface area contributed by atoms with Crippen LogP contribution in [-0.4, -0.2) is 28.9 Å². The van der Waals surface area contributed by atoms with Crippen LogP contribution in [0.25, 0.3) is 16.9 Å². The number of aryl methyl sites for hydroxylation is 3. The van der Waals surface area contributed by atoms with Gasteiger partial charge >= 0.3 is 0 Å². The Morgan fingerprint density at radius 3 is 2.50 bits per heavy atom. The van der Waals surface area contributed by atoms with Gasteiger partial charge in [-0.05, 0) is 79.8 Å². The van der Waals surface area contributed by atoms with Crippen LogP contribution in [0.3, 0.4) is 0 Å². The van der Waals surface area contributed by atoms with Crippen molar-refractivity contribution in [2.75, 3.05) is 13.7 Å². The number of pyridine rings is 1. The average Bonchev–Trinajstić information content (AvgIpc) is 3.13. The number of hydrogen-bond acceptors (Lipinski definition) is 3. The van der Waals surface area contributed by atoms with Crippen LogP contribution in [0.5, 0.6) is 5.75 Å². The maximum absolute atomic E-state index is 12.8. The van der Waals surface area contributed by atoms with E-state index in [0.29, 0.717) is 6.54 Å². The fourth-order valence-corrected chi connectivity index (χ4v) is 3.84. The molecule has 1 N–H and O–H groups in total. The summed E-state index contributed by atoms with van der Waals surface area (Å²) in [6.45, 7) is 6.84. The average molecular weight is 428 g/mol. The number of aromatic nitrogens is 2. The first-order valence-corrected chi connectivity index (χ1v) is 10.9. The number of carbonyl (C=O) groups is 1. The van der Waals surface area contributed by atoms with Gasteiger partial charge in [-0.2, -0.15) is 0 Å². The number of ether oxygens (including phenoxy) is 1. The van der Waals surface area contributed by atoms with Crippen LogP contribution in [0, 0.1) is 20.8 Å². The van der Waals surface area contributed by atoms with Gasteiger partial charge in [-0.15, -0.1) is 0 Å². The summed E-state index contributed by atoms with van der Waals surface area (Å²) in [7, 11) is 1.66. The molecule has 164 valence electrons. The highest BCUT2D eigenvalue weighted by Crippen LogP contribution is 2.27. The van der Waals surface area contributed by atoms with Gasteiger partial charge in [-0.3, -0.25) is 4.79 Å². The van der Waals surface area contributed by atoms with E-state index in [-0.39, 0.29) is 12.3 Å². The molecule has 0 aliphatic rings. The Hall–Kier alpha value is -3.60. The summed E-state index contributed by atoms with van der Waals surface area (Å²) in [6, 6.07) is 18.4. The third-order valence-corrected chi connectivity index (χ3v) is 5.88. The molecule has 0 bridgehead atoms. The van der Waals surface area contributed by atoms with Crippen molar-refractivity contribution in [2.24, 2.45) is 0 Å². The maximum Gasteiger partial charge on any atom is 0.226 e. The van der Waals surface area contributed by atoms with Gasteiger partial charge in [-0.25, -0.2) is 4.98 Å². The molecule has 5 nitrogen and oxygen atoms in total. The number of imidazole rings is 1. The van der Waals surface area contributed by atoms with Crippen molar-refractivity contribution >= 4 is 11.6 Å². The van der Waals surface area contributed by atoms with Gasteiger partial charge in [0.2, 0.25) is 5.91 Å². The topological polar surface area (TPSA) is 55.6 Å².